The monoisotopic (exact) mass is 215 g/mol. The van der Waals surface area contributed by atoms with E-state index in [1.807, 2.05) is 32.2 Å². The zero-order chi connectivity index (χ0) is 11.7. The van der Waals surface area contributed by atoms with Crippen LogP contribution in [0.15, 0.2) is 30.3 Å². The Morgan fingerprint density at radius 3 is 2.69 bits per heavy atom. The summed E-state index contributed by atoms with van der Waals surface area (Å²) in [6.07, 6.45) is 0. The maximum Gasteiger partial charge on any atom is 0.236 e. The summed E-state index contributed by atoms with van der Waals surface area (Å²) in [5, 5.41) is 3.98. The molecule has 1 aromatic carbocycles. The van der Waals surface area contributed by atoms with E-state index >= 15 is 0 Å². The number of para-hydroxylation sites is 1. The molecule has 0 saturated heterocycles. The number of carbonyl (C=O) groups is 1. The molecule has 1 heterocycles. The third kappa shape index (κ3) is 1.76. The van der Waals surface area contributed by atoms with Crippen LogP contribution in [0.2, 0.25) is 0 Å². The summed E-state index contributed by atoms with van der Waals surface area (Å²) in [5.41, 5.74) is 3.07. The van der Waals surface area contributed by atoms with Crippen molar-refractivity contribution in [2.24, 2.45) is 7.05 Å². The fourth-order valence-electron chi connectivity index (χ4n) is 1.86. The van der Waals surface area contributed by atoms with Crippen molar-refractivity contribution in [3.63, 3.8) is 0 Å². The molecule has 16 heavy (non-hydrogen) atoms. The van der Waals surface area contributed by atoms with Gasteiger partial charge in [-0.05, 0) is 18.2 Å². The van der Waals surface area contributed by atoms with Gasteiger partial charge in [0.05, 0.1) is 0 Å². The lowest BCUT2D eigenvalue weighted by atomic mass is 10.1. The molecule has 0 aliphatic rings. The summed E-state index contributed by atoms with van der Waals surface area (Å²) in [6, 6.07) is 10.0. The number of aromatic nitrogens is 1. The Morgan fingerprint density at radius 2 is 2.00 bits per heavy atom. The van der Waals surface area contributed by atoms with E-state index in [0.717, 1.165) is 22.3 Å². The number of anilines is 1. The van der Waals surface area contributed by atoms with Crippen LogP contribution in [0.4, 0.5) is 5.69 Å². The Labute approximate surface area is 94.7 Å². The smallest absolute Gasteiger partial charge is 0.236 e. The number of carbonyl (C=O) groups excluding carboxylic acids is 1. The molecule has 3 heteroatoms. The van der Waals surface area contributed by atoms with Crippen molar-refractivity contribution in [2.75, 3.05) is 5.32 Å². The van der Waals surface area contributed by atoms with E-state index < -0.39 is 0 Å². The van der Waals surface area contributed by atoms with Crippen LogP contribution in [0, 0.1) is 6.92 Å². The number of nitrogens with zero attached hydrogens (tertiary/aromatic N) is 1. The zero-order valence-corrected chi connectivity index (χ0v) is 9.74. The van der Waals surface area contributed by atoms with E-state index in [1.165, 1.54) is 6.92 Å². The van der Waals surface area contributed by atoms with Crippen LogP contribution in [0.3, 0.4) is 0 Å². The van der Waals surface area contributed by atoms with Crippen LogP contribution in [-0.2, 0) is 11.8 Å². The molecular weight excluding hydrogens is 200 g/mol. The Bertz CT molecular complexity index is 561. The van der Waals surface area contributed by atoms with Crippen LogP contribution < -0.4 is 9.88 Å². The van der Waals surface area contributed by atoms with E-state index in [2.05, 4.69) is 22.0 Å². The molecule has 82 valence electrons. The summed E-state index contributed by atoms with van der Waals surface area (Å²) < 4.78 is 2.08. The van der Waals surface area contributed by atoms with Crippen molar-refractivity contribution in [3.8, 4) is 0 Å². The third-order valence-corrected chi connectivity index (χ3v) is 2.75. The van der Waals surface area contributed by atoms with E-state index in [4.69, 9.17) is 0 Å². The Morgan fingerprint density at radius 1 is 1.25 bits per heavy atom. The van der Waals surface area contributed by atoms with Gasteiger partial charge in [-0.25, -0.2) is 0 Å². The van der Waals surface area contributed by atoms with Gasteiger partial charge in [0, 0.05) is 25.3 Å². The third-order valence-electron chi connectivity index (χ3n) is 2.75. The van der Waals surface area contributed by atoms with Gasteiger partial charge in [-0.15, -0.1) is 0 Å². The Balaban J connectivity index is 2.74. The maximum absolute atomic E-state index is 11.1. The molecule has 0 bridgehead atoms. The molecule has 1 N–H and O–H groups in total. The normalized spacial score (nSPS) is 10.4. The number of rotatable bonds is 1. The Hall–Kier alpha value is -1.90. The van der Waals surface area contributed by atoms with Crippen LogP contribution >= 0.6 is 0 Å². The molecule has 0 fully saturated rings. The molecule has 0 atom stereocenters. The number of aryl methyl sites for hydroxylation is 2. The Kier molecular flexibility index (Phi) is 2.60. The minimum atomic E-state index is -0.0472. The lowest BCUT2D eigenvalue weighted by Gasteiger charge is -2.05. The van der Waals surface area contributed by atoms with Gasteiger partial charge in [0.15, 0.2) is 5.69 Å². The van der Waals surface area contributed by atoms with Crippen LogP contribution in [-0.4, -0.2) is 5.91 Å². The first-order chi connectivity index (χ1) is 7.59. The molecule has 0 saturated carbocycles. The largest absolute Gasteiger partial charge is 0.321 e. The second kappa shape index (κ2) is 3.93. The summed E-state index contributed by atoms with van der Waals surface area (Å²) in [7, 11) is 2.00. The predicted molar refractivity (Wildman–Crippen MR) is 64.2 cm³/mol. The lowest BCUT2D eigenvalue weighted by Crippen LogP contribution is -2.33. The van der Waals surface area contributed by atoms with Crippen molar-refractivity contribution < 1.29 is 9.36 Å². The molecule has 0 spiro atoms. The number of benzene rings is 1. The standard InChI is InChI=1S/C13H14N2O/c1-9-7-8-11-5-4-6-12(14-10(2)16)13(11)15(9)3/h4-8H,1-3H3/p+1. The number of amides is 1. The number of hydrogen-bond donors (Lipinski definition) is 1. The first-order valence-corrected chi connectivity index (χ1v) is 5.25. The fraction of sp³-hybridized carbons (Fsp3) is 0.231. The quantitative estimate of drug-likeness (QED) is 0.724. The molecule has 0 unspecified atom stereocenters. The van der Waals surface area contributed by atoms with Gasteiger partial charge in [-0.2, -0.15) is 4.57 Å². The highest BCUT2D eigenvalue weighted by Crippen LogP contribution is 2.20. The first-order valence-electron chi connectivity index (χ1n) is 5.25. The molecule has 0 aliphatic heterocycles. The van der Waals surface area contributed by atoms with Gasteiger partial charge in [0.2, 0.25) is 11.4 Å². The lowest BCUT2D eigenvalue weighted by molar-refractivity contribution is -0.650. The summed E-state index contributed by atoms with van der Waals surface area (Å²) in [5.74, 6) is -0.0472. The van der Waals surface area contributed by atoms with Crippen molar-refractivity contribution >= 4 is 22.5 Å². The van der Waals surface area contributed by atoms with Crippen molar-refractivity contribution in [3.05, 3.63) is 36.0 Å². The van der Waals surface area contributed by atoms with Crippen LogP contribution in [0.25, 0.3) is 10.9 Å². The average molecular weight is 215 g/mol. The first kappa shape index (κ1) is 10.6. The molecule has 2 aromatic rings. The maximum atomic E-state index is 11.1. The minimum absolute atomic E-state index is 0.0472. The SMILES string of the molecule is CC(=O)Nc1cccc2ccc(C)[n+](C)c12. The second-order valence-electron chi connectivity index (χ2n) is 3.96. The number of nitrogens with one attached hydrogen (secondary N) is 1. The van der Waals surface area contributed by atoms with Crippen LogP contribution in [0.5, 0.6) is 0 Å². The van der Waals surface area contributed by atoms with Gasteiger partial charge >= 0.3 is 0 Å². The van der Waals surface area contributed by atoms with E-state index in [1.54, 1.807) is 0 Å². The molecular formula is C13H15N2O+. The number of pyridine rings is 1. The van der Waals surface area contributed by atoms with Crippen molar-refractivity contribution in [2.45, 2.75) is 13.8 Å². The average Bonchev–Trinajstić information content (AvgIpc) is 2.23. The van der Waals surface area contributed by atoms with Crippen molar-refractivity contribution in [1.82, 2.24) is 0 Å². The molecule has 1 aromatic heterocycles. The van der Waals surface area contributed by atoms with Gasteiger partial charge in [-0.1, -0.05) is 6.07 Å². The molecule has 2 rings (SSSR count). The van der Waals surface area contributed by atoms with Gasteiger partial charge in [0.1, 0.15) is 12.7 Å². The molecule has 0 aliphatic carbocycles. The summed E-state index contributed by atoms with van der Waals surface area (Å²) in [4.78, 5) is 11.1. The highest BCUT2D eigenvalue weighted by molar-refractivity contribution is 5.97. The van der Waals surface area contributed by atoms with E-state index in [-0.39, 0.29) is 5.91 Å². The summed E-state index contributed by atoms with van der Waals surface area (Å²) >= 11 is 0. The van der Waals surface area contributed by atoms with Gasteiger partial charge in [-0.3, -0.25) is 4.79 Å². The predicted octanol–water partition coefficient (Wildman–Crippen LogP) is 1.93. The fourth-order valence-corrected chi connectivity index (χ4v) is 1.86. The van der Waals surface area contributed by atoms with Crippen molar-refractivity contribution in [1.29, 1.82) is 0 Å². The zero-order valence-electron chi connectivity index (χ0n) is 9.74. The molecule has 0 radical (unpaired) electrons. The topological polar surface area (TPSA) is 33.0 Å². The number of hydrogen-bond acceptors (Lipinski definition) is 1. The highest BCUT2D eigenvalue weighted by Gasteiger charge is 2.13. The van der Waals surface area contributed by atoms with Crippen LogP contribution in [0.1, 0.15) is 12.6 Å². The highest BCUT2D eigenvalue weighted by atomic mass is 16.1. The molecule has 3 nitrogen and oxygen atoms in total. The van der Waals surface area contributed by atoms with E-state index in [9.17, 15) is 4.79 Å². The minimum Gasteiger partial charge on any atom is -0.321 e. The second-order valence-corrected chi connectivity index (χ2v) is 3.96. The number of fused-ring (bicyclic) bond motifs is 1. The summed E-state index contributed by atoms with van der Waals surface area (Å²) in [6.45, 7) is 3.57. The van der Waals surface area contributed by atoms with E-state index in [0.29, 0.717) is 0 Å². The molecule has 1 amide bonds. The van der Waals surface area contributed by atoms with Gasteiger partial charge in [0.25, 0.3) is 0 Å². The van der Waals surface area contributed by atoms with Gasteiger partial charge < -0.3 is 5.32 Å².